The van der Waals surface area contributed by atoms with Crippen LogP contribution in [0.2, 0.25) is 0 Å². The maximum absolute atomic E-state index is 5.47. The minimum Gasteiger partial charge on any atom is -1.00 e. The maximum Gasteiger partial charge on any atom is 0.203 e. The molecule has 0 unspecified atom stereocenters. The zero-order chi connectivity index (χ0) is 19.9. The van der Waals surface area contributed by atoms with Crippen LogP contribution in [0.3, 0.4) is 0 Å². The molecule has 2 N–H and O–H groups in total. The Bertz CT molecular complexity index is 741. The Morgan fingerprint density at radius 1 is 0.733 bits per heavy atom. The van der Waals surface area contributed by atoms with E-state index < -0.39 is 0 Å². The summed E-state index contributed by atoms with van der Waals surface area (Å²) in [7, 11) is 6.66. The van der Waals surface area contributed by atoms with E-state index in [9.17, 15) is 0 Å². The summed E-state index contributed by atoms with van der Waals surface area (Å²) < 4.78 is 21.6. The molecule has 0 amide bonds. The Morgan fingerprint density at radius 2 is 1.30 bits per heavy atom. The van der Waals surface area contributed by atoms with Gasteiger partial charge in [0.25, 0.3) is 0 Å². The average Bonchev–Trinajstić information content (AvgIpc) is 2.77. The van der Waals surface area contributed by atoms with E-state index in [1.807, 2.05) is 12.1 Å². The highest BCUT2D eigenvalue weighted by Crippen LogP contribution is 2.38. The van der Waals surface area contributed by atoms with Crippen LogP contribution in [0, 0.1) is 0 Å². The first kappa shape index (κ1) is 26.2. The summed E-state index contributed by atoms with van der Waals surface area (Å²) >= 11 is 0. The number of nitrogens with one attached hydrogen (secondary N) is 2. The summed E-state index contributed by atoms with van der Waals surface area (Å²) in [6.07, 6.45) is 0.990. The smallest absolute Gasteiger partial charge is 0.203 e. The Kier molecular flexibility index (Phi) is 11.1. The number of halogens is 2. The number of rotatable bonds is 8. The summed E-state index contributed by atoms with van der Waals surface area (Å²) in [4.78, 5) is 3.20. The fraction of sp³-hybridized carbons (Fsp3) is 0.455. The van der Waals surface area contributed by atoms with E-state index in [0.717, 1.165) is 43.3 Å². The number of hydrogen-bond donors (Lipinski definition) is 2. The summed E-state index contributed by atoms with van der Waals surface area (Å²) in [5, 5.41) is 0. The van der Waals surface area contributed by atoms with Crippen LogP contribution >= 0.6 is 0 Å². The third-order valence-electron chi connectivity index (χ3n) is 5.55. The van der Waals surface area contributed by atoms with Gasteiger partial charge < -0.3 is 48.7 Å². The van der Waals surface area contributed by atoms with Crippen LogP contribution in [0.25, 0.3) is 0 Å². The average molecular weight is 459 g/mol. The highest BCUT2D eigenvalue weighted by Gasteiger charge is 2.24. The van der Waals surface area contributed by atoms with Gasteiger partial charge >= 0.3 is 0 Å². The van der Waals surface area contributed by atoms with E-state index in [1.54, 1.807) is 38.2 Å². The molecule has 0 aromatic heterocycles. The lowest BCUT2D eigenvalue weighted by molar-refractivity contribution is -0.986. The fourth-order valence-electron chi connectivity index (χ4n) is 3.87. The fourth-order valence-corrected chi connectivity index (χ4v) is 3.87. The number of methoxy groups -OCH3 is 4. The van der Waals surface area contributed by atoms with E-state index in [1.165, 1.54) is 24.3 Å². The summed E-state index contributed by atoms with van der Waals surface area (Å²) in [5.74, 6) is 3.01. The Balaban J connectivity index is 0.00000225. The monoisotopic (exact) mass is 458 g/mol. The first-order chi connectivity index (χ1) is 13.7. The van der Waals surface area contributed by atoms with Crippen molar-refractivity contribution in [2.24, 2.45) is 0 Å². The number of hydrogen-bond acceptors (Lipinski definition) is 4. The van der Waals surface area contributed by atoms with Crippen LogP contribution < -0.4 is 53.6 Å². The van der Waals surface area contributed by atoms with Gasteiger partial charge in [-0.05, 0) is 29.8 Å². The van der Waals surface area contributed by atoms with Crippen LogP contribution in [0.5, 0.6) is 23.0 Å². The van der Waals surface area contributed by atoms with Crippen molar-refractivity contribution < 1.29 is 53.6 Å². The Hall–Kier alpha value is -1.86. The molecule has 1 heterocycles. The summed E-state index contributed by atoms with van der Waals surface area (Å²) in [6.45, 7) is 5.75. The quantitative estimate of drug-likeness (QED) is 0.414. The number of benzene rings is 2. The van der Waals surface area contributed by atoms with Gasteiger partial charge in [-0.3, -0.25) is 4.90 Å². The summed E-state index contributed by atoms with van der Waals surface area (Å²) in [5.41, 5.74) is 2.57. The molecule has 8 heteroatoms. The Morgan fingerprint density at radius 3 is 1.77 bits per heavy atom. The molecule has 0 atom stereocenters. The van der Waals surface area contributed by atoms with Gasteiger partial charge in [-0.15, -0.1) is 0 Å². The molecule has 168 valence electrons. The molecule has 6 nitrogen and oxygen atoms in total. The Labute approximate surface area is 191 Å². The van der Waals surface area contributed by atoms with Gasteiger partial charge in [0.2, 0.25) is 5.75 Å². The molecule has 2 aromatic rings. The zero-order valence-electron chi connectivity index (χ0n) is 18.1. The summed E-state index contributed by atoms with van der Waals surface area (Å²) in [6, 6.07) is 12.6. The first-order valence-corrected chi connectivity index (χ1v) is 9.80. The van der Waals surface area contributed by atoms with Gasteiger partial charge in [0.15, 0.2) is 11.5 Å². The van der Waals surface area contributed by atoms with Gasteiger partial charge in [-0.25, -0.2) is 0 Å². The van der Waals surface area contributed by atoms with E-state index in [2.05, 4.69) is 24.3 Å². The molecule has 0 radical (unpaired) electrons. The van der Waals surface area contributed by atoms with Crippen LogP contribution in [-0.4, -0.2) is 61.2 Å². The molecule has 0 saturated carbocycles. The molecule has 2 aromatic carbocycles. The van der Waals surface area contributed by atoms with Gasteiger partial charge in [-0.2, -0.15) is 0 Å². The van der Waals surface area contributed by atoms with Crippen molar-refractivity contribution in [3.63, 3.8) is 0 Å². The van der Waals surface area contributed by atoms with Crippen molar-refractivity contribution in [2.45, 2.75) is 6.42 Å². The van der Waals surface area contributed by atoms with Crippen molar-refractivity contribution in [2.75, 3.05) is 61.2 Å². The normalized spacial score (nSPS) is 17.9. The van der Waals surface area contributed by atoms with E-state index in [-0.39, 0.29) is 24.8 Å². The molecule has 0 spiro atoms. The predicted octanol–water partition coefficient (Wildman–Crippen LogP) is -5.61. The maximum atomic E-state index is 5.47. The lowest BCUT2D eigenvalue weighted by Gasteiger charge is -2.29. The molecule has 1 saturated heterocycles. The second-order valence-corrected chi connectivity index (χ2v) is 7.12. The molecule has 1 aliphatic rings. The predicted molar refractivity (Wildman–Crippen MR) is 109 cm³/mol. The third kappa shape index (κ3) is 6.32. The molecule has 0 aliphatic carbocycles. The van der Waals surface area contributed by atoms with Crippen LogP contribution in [0.15, 0.2) is 36.4 Å². The molecular formula is C22H32Cl2N2O4. The molecule has 1 aliphatic heterocycles. The van der Waals surface area contributed by atoms with Crippen molar-refractivity contribution in [1.82, 2.24) is 0 Å². The van der Waals surface area contributed by atoms with Crippen molar-refractivity contribution >= 4 is 5.69 Å². The van der Waals surface area contributed by atoms with Crippen LogP contribution in [0.4, 0.5) is 5.69 Å². The second kappa shape index (κ2) is 12.7. The van der Waals surface area contributed by atoms with E-state index in [4.69, 9.17) is 18.9 Å². The second-order valence-electron chi connectivity index (χ2n) is 7.12. The van der Waals surface area contributed by atoms with Crippen molar-refractivity contribution in [3.8, 4) is 23.0 Å². The van der Waals surface area contributed by atoms with E-state index in [0.29, 0.717) is 5.75 Å². The van der Waals surface area contributed by atoms with E-state index >= 15 is 0 Å². The minimum absolute atomic E-state index is 0. The van der Waals surface area contributed by atoms with Gasteiger partial charge in [0, 0.05) is 18.6 Å². The highest BCUT2D eigenvalue weighted by molar-refractivity contribution is 5.53. The zero-order valence-corrected chi connectivity index (χ0v) is 19.6. The van der Waals surface area contributed by atoms with Crippen molar-refractivity contribution in [3.05, 3.63) is 42.0 Å². The third-order valence-corrected chi connectivity index (χ3v) is 5.55. The lowest BCUT2D eigenvalue weighted by atomic mass is 10.1. The highest BCUT2D eigenvalue weighted by atomic mass is 35.5. The molecule has 0 bridgehead atoms. The minimum atomic E-state index is 0. The molecular weight excluding hydrogens is 427 g/mol. The van der Waals surface area contributed by atoms with Gasteiger partial charge in [-0.1, -0.05) is 0 Å². The number of quaternary nitrogens is 2. The molecule has 1 fully saturated rings. The number of piperazine rings is 1. The largest absolute Gasteiger partial charge is 1.00 e. The van der Waals surface area contributed by atoms with Crippen molar-refractivity contribution in [1.29, 1.82) is 0 Å². The lowest BCUT2D eigenvalue weighted by Crippen LogP contribution is -3.26. The van der Waals surface area contributed by atoms with Crippen LogP contribution in [0.1, 0.15) is 5.56 Å². The standard InChI is InChI=1S/C22H30N2O4.2ClH/c1-25-19-7-5-18(6-8-19)24-13-11-23(12-14-24)10-9-17-15-20(26-2)22(28-4)21(16-17)27-3;;/h5-8,15-16H,9-14H2,1-4H3;2*1H. The molecule has 3 rings (SSSR count). The first-order valence-electron chi connectivity index (χ1n) is 9.80. The number of ether oxygens (including phenoxy) is 4. The van der Waals surface area contributed by atoms with Crippen LogP contribution in [-0.2, 0) is 6.42 Å². The topological polar surface area (TPSA) is 45.8 Å². The SMILES string of the molecule is COc1ccc([NH+]2CC[NH+](CCc3cc(OC)c(OC)c(OC)c3)CC2)cc1.[Cl-].[Cl-]. The van der Waals surface area contributed by atoms with Gasteiger partial charge in [0.1, 0.15) is 37.6 Å². The molecule has 30 heavy (non-hydrogen) atoms. The van der Waals surface area contributed by atoms with Gasteiger partial charge in [0.05, 0.1) is 35.0 Å².